The van der Waals surface area contributed by atoms with Crippen LogP contribution in [0, 0.1) is 5.92 Å². The molecule has 0 spiro atoms. The minimum absolute atomic E-state index is 0.00345. The molecule has 2 aliphatic rings. The van der Waals surface area contributed by atoms with Crippen molar-refractivity contribution in [3.05, 3.63) is 274 Å². The summed E-state index contributed by atoms with van der Waals surface area (Å²) in [6, 6.07) is 58.8. The average molecular weight is 1680 g/mol. The van der Waals surface area contributed by atoms with Gasteiger partial charge in [-0.05, 0) is 147 Å². The van der Waals surface area contributed by atoms with Gasteiger partial charge in [0.25, 0.3) is 23.6 Å². The summed E-state index contributed by atoms with van der Waals surface area (Å²) in [6.45, 7) is 32.9. The molecule has 126 heavy (non-hydrogen) atoms. The number of rotatable bonds is 24. The van der Waals surface area contributed by atoms with Crippen molar-refractivity contribution in [3.63, 3.8) is 0 Å². The lowest BCUT2D eigenvalue weighted by Crippen LogP contribution is -2.52. The zero-order valence-corrected chi connectivity index (χ0v) is 73.2. The zero-order chi connectivity index (χ0) is 89.1. The van der Waals surface area contributed by atoms with Crippen molar-refractivity contribution in [1.29, 1.82) is 0 Å². The third-order valence-corrected chi connectivity index (χ3v) is 23.9. The highest BCUT2D eigenvalue weighted by Crippen LogP contribution is 2.59. The predicted molar refractivity (Wildman–Crippen MR) is 490 cm³/mol. The van der Waals surface area contributed by atoms with Gasteiger partial charge in [0.05, 0.1) is 35.3 Å². The summed E-state index contributed by atoms with van der Waals surface area (Å²) in [5.74, 6) is -5.59. The van der Waals surface area contributed by atoms with Gasteiger partial charge in [0.1, 0.15) is 93.6 Å². The van der Waals surface area contributed by atoms with Crippen LogP contribution < -0.4 is 29.6 Å². The van der Waals surface area contributed by atoms with Crippen LogP contribution in [0.2, 0.25) is 0 Å². The van der Waals surface area contributed by atoms with E-state index in [0.29, 0.717) is 61.8 Å². The molecule has 2 N–H and O–H groups in total. The van der Waals surface area contributed by atoms with E-state index in [2.05, 4.69) is 100 Å². The molecule has 20 heteroatoms. The summed E-state index contributed by atoms with van der Waals surface area (Å²) in [6.07, 6.45) is -0.638. The van der Waals surface area contributed by atoms with Gasteiger partial charge in [0, 0.05) is 89.0 Å². The number of nitrogens with zero attached hydrogens (tertiary/aromatic N) is 2. The molecular weight excluding hydrogens is 1590 g/mol. The van der Waals surface area contributed by atoms with E-state index in [-0.39, 0.29) is 161 Å². The highest BCUT2D eigenvalue weighted by Gasteiger charge is 2.48. The van der Waals surface area contributed by atoms with Crippen LogP contribution in [0.15, 0.2) is 227 Å². The van der Waals surface area contributed by atoms with Gasteiger partial charge in [-0.2, -0.15) is 0 Å². The maximum absolute atomic E-state index is 17.1. The summed E-state index contributed by atoms with van der Waals surface area (Å²) < 4.78 is 55.3. The molecule has 0 saturated heterocycles. The number of amides is 6. The molecule has 2 aliphatic heterocycles. The lowest BCUT2D eigenvalue weighted by atomic mass is 9.80. The molecule has 2 aromatic heterocycles. The van der Waals surface area contributed by atoms with E-state index in [4.69, 9.17) is 37.3 Å². The average Bonchev–Trinajstić information content (AvgIpc) is 0.700. The van der Waals surface area contributed by atoms with Crippen LogP contribution in [0.25, 0.3) is 87.0 Å². The summed E-state index contributed by atoms with van der Waals surface area (Å²) in [5, 5.41) is 9.99. The molecule has 6 amide bonds. The molecule has 0 bridgehead atoms. The summed E-state index contributed by atoms with van der Waals surface area (Å²) in [5.41, 5.74) is 5.26. The quantitative estimate of drug-likeness (QED) is 0.0142. The van der Waals surface area contributed by atoms with Crippen LogP contribution >= 0.6 is 0 Å². The SMILES string of the molecule is C=C(C)C(=O)NCCOC(=O)C(Cc1cccc2c1oc1ccccc12)N1C(=O)c2cc(Oc3ccc(C(C)(C)C)cc3)c3c4c(Oc5ccc(C(C)(C)C)cc5)cc5c6c(cc(Oc7ccc(C(C)(C)C)cc7)c(c7c(Oc8ccc(C(C)(C)C)cc8)cc(c2c37)C1=O)c64)C(=O)N(C(Cc1cccc2c1oc1ccccc12)C(=O)OCCNC(=O)C(C)C)C5=O. The number of nitrogens with one attached hydrogen (secondary N) is 2. The molecule has 20 nitrogen and oxygen atoms in total. The number of hydrogen-bond acceptors (Lipinski definition) is 16. The van der Waals surface area contributed by atoms with Crippen molar-refractivity contribution in [2.24, 2.45) is 5.92 Å². The molecule has 17 rings (SSSR count). The topological polar surface area (TPSA) is 249 Å². The van der Waals surface area contributed by atoms with Gasteiger partial charge in [-0.1, -0.05) is 225 Å². The molecule has 0 radical (unpaired) electrons. The van der Waals surface area contributed by atoms with Gasteiger partial charge in [-0.3, -0.25) is 38.6 Å². The number of fused-ring (bicyclic) bond motifs is 8. The van der Waals surface area contributed by atoms with Gasteiger partial charge < -0.3 is 47.9 Å². The van der Waals surface area contributed by atoms with Crippen molar-refractivity contribution in [1.82, 2.24) is 20.4 Å². The third kappa shape index (κ3) is 15.5. The fourth-order valence-corrected chi connectivity index (χ4v) is 17.1. The molecule has 0 fully saturated rings. The number of imide groups is 2. The maximum Gasteiger partial charge on any atom is 0.329 e. The Balaban J connectivity index is 0.983. The molecular formula is C106H98N4O16. The molecule has 13 aromatic carbocycles. The van der Waals surface area contributed by atoms with Crippen LogP contribution in [0.5, 0.6) is 46.0 Å². The monoisotopic (exact) mass is 1680 g/mol. The van der Waals surface area contributed by atoms with Crippen molar-refractivity contribution < 1.29 is 75.6 Å². The van der Waals surface area contributed by atoms with E-state index in [1.165, 1.54) is 0 Å². The Morgan fingerprint density at radius 2 is 0.667 bits per heavy atom. The van der Waals surface area contributed by atoms with Crippen LogP contribution in [0.4, 0.5) is 0 Å². The first-order valence-corrected chi connectivity index (χ1v) is 42.6. The lowest BCUT2D eigenvalue weighted by Gasteiger charge is -2.35. The first-order valence-electron chi connectivity index (χ1n) is 42.6. The number of furan rings is 2. The number of benzene rings is 13. The minimum Gasteiger partial charge on any atom is -0.462 e. The Morgan fingerprint density at radius 3 is 0.960 bits per heavy atom. The second-order valence-corrected chi connectivity index (χ2v) is 37.2. The van der Waals surface area contributed by atoms with Crippen LogP contribution in [0.1, 0.15) is 179 Å². The number of para-hydroxylation sites is 4. The lowest BCUT2D eigenvalue weighted by molar-refractivity contribution is -0.149. The van der Waals surface area contributed by atoms with E-state index in [0.717, 1.165) is 48.2 Å². The van der Waals surface area contributed by atoms with Crippen molar-refractivity contribution in [3.8, 4) is 46.0 Å². The highest BCUT2D eigenvalue weighted by atomic mass is 16.5. The first kappa shape index (κ1) is 84.1. The van der Waals surface area contributed by atoms with Crippen LogP contribution in [0.3, 0.4) is 0 Å². The second kappa shape index (κ2) is 32.2. The minimum atomic E-state index is -1.74. The largest absolute Gasteiger partial charge is 0.462 e. The van der Waals surface area contributed by atoms with E-state index in [1.807, 2.05) is 170 Å². The number of ether oxygens (including phenoxy) is 6. The Morgan fingerprint density at radius 1 is 0.373 bits per heavy atom. The van der Waals surface area contributed by atoms with Crippen molar-refractivity contribution >= 4 is 134 Å². The molecule has 15 aromatic rings. The molecule has 2 unspecified atom stereocenters. The van der Waals surface area contributed by atoms with Gasteiger partial charge in [-0.25, -0.2) is 9.59 Å². The van der Waals surface area contributed by atoms with Crippen molar-refractivity contribution in [2.75, 3.05) is 26.3 Å². The van der Waals surface area contributed by atoms with Crippen LogP contribution in [-0.4, -0.2) is 95.6 Å². The normalized spacial score (nSPS) is 13.7. The Bertz CT molecular complexity index is 6540. The van der Waals surface area contributed by atoms with E-state index in [9.17, 15) is 9.59 Å². The summed E-state index contributed by atoms with van der Waals surface area (Å²) in [7, 11) is 0. The molecule has 0 aliphatic carbocycles. The van der Waals surface area contributed by atoms with Crippen LogP contribution in [-0.2, 0) is 63.2 Å². The highest BCUT2D eigenvalue weighted by molar-refractivity contribution is 6.45. The van der Waals surface area contributed by atoms with E-state index >= 15 is 28.8 Å². The number of carbonyl (C=O) groups excluding carboxylic acids is 8. The molecule has 2 atom stereocenters. The number of esters is 2. The van der Waals surface area contributed by atoms with Crippen molar-refractivity contribution in [2.45, 2.75) is 150 Å². The van der Waals surface area contributed by atoms with E-state index < -0.39 is 59.5 Å². The fourth-order valence-electron chi connectivity index (χ4n) is 17.1. The van der Waals surface area contributed by atoms with Gasteiger partial charge >= 0.3 is 11.9 Å². The third-order valence-electron chi connectivity index (χ3n) is 23.9. The standard InChI is InChI=1S/C106H98N4O16/c1-57(2)95(111)107-47-49-119-101(117)77(51-59-23-21-27-71-69-25-17-19-29-79(69)125-93(59)71)109-97(113)73-53-81(121-65-39-31-61(32-40-65)103(5,6)7)87-89-83(123-67-43-35-63(36-44-67)105(11,12)13)55-75-86-76(100(116)110(99(75)115)78(102(118)120-50-48-108-96(112)58(3)4)52-60-24-22-28-72-70-26-18-20-30-80(70)126-94(60)72)56-84(124-68-45-37-64(38-46-68)106(14,15)16)90(92(86)89)88-82(54-74(98(109)114)85(73)91(87)88)122-66-41-33-62(34-42-66)104(8,9)10/h17-46,53-56,58,77-78H,1,47-52H2,2-16H3,(H,107,111)(H,108,112). The molecule has 0 saturated carbocycles. The Kier molecular flexibility index (Phi) is 21.5. The molecule has 638 valence electrons. The van der Waals surface area contributed by atoms with Gasteiger partial charge in [0.15, 0.2) is 0 Å². The fraction of sp³-hybridized carbons (Fsp3) is 0.264. The predicted octanol–water partition coefficient (Wildman–Crippen LogP) is 22.9. The second-order valence-electron chi connectivity index (χ2n) is 37.2. The number of carbonyl (C=O) groups is 8. The van der Waals surface area contributed by atoms with Gasteiger partial charge in [-0.15, -0.1) is 0 Å². The smallest absolute Gasteiger partial charge is 0.329 e. The Labute approximate surface area is 729 Å². The van der Waals surface area contributed by atoms with Gasteiger partial charge in [0.2, 0.25) is 11.8 Å². The van der Waals surface area contributed by atoms with E-state index in [1.54, 1.807) is 57.2 Å². The Hall–Kier alpha value is -14.1. The summed E-state index contributed by atoms with van der Waals surface area (Å²) >= 11 is 0. The molecule has 4 heterocycles. The summed E-state index contributed by atoms with van der Waals surface area (Å²) in [4.78, 5) is 128. The zero-order valence-electron chi connectivity index (χ0n) is 73.2. The first-order chi connectivity index (χ1) is 60.0. The maximum atomic E-state index is 17.1. The number of hydrogen-bond donors (Lipinski definition) is 2.